The molecule has 1 fully saturated rings. The maximum Gasteiger partial charge on any atom is 0.254 e. The maximum atomic E-state index is 11.9. The molecule has 6 heteroatoms. The molecule has 1 aliphatic rings. The zero-order chi connectivity index (χ0) is 13.9. The smallest absolute Gasteiger partial charge is 0.254 e. The van der Waals surface area contributed by atoms with E-state index in [9.17, 15) is 4.79 Å². The largest absolute Gasteiger partial charge is 0.340 e. The number of nitrogens with one attached hydrogen (secondary N) is 2. The molecule has 0 radical (unpaired) electrons. The minimum absolute atomic E-state index is 0.107. The van der Waals surface area contributed by atoms with Crippen LogP contribution < -0.4 is 10.6 Å². The second kappa shape index (κ2) is 5.16. The van der Waals surface area contributed by atoms with Gasteiger partial charge in [0.1, 0.15) is 6.04 Å². The van der Waals surface area contributed by atoms with E-state index in [1.54, 1.807) is 10.9 Å². The van der Waals surface area contributed by atoms with E-state index in [-0.39, 0.29) is 5.91 Å². The molecule has 6 nitrogen and oxygen atoms in total. The molecule has 1 saturated heterocycles. The average molecular weight is 269 g/mol. The van der Waals surface area contributed by atoms with Crippen LogP contribution in [0.15, 0.2) is 47.7 Å². The molecule has 1 unspecified atom stereocenters. The van der Waals surface area contributed by atoms with E-state index in [0.29, 0.717) is 12.5 Å². The highest BCUT2D eigenvalue weighted by atomic mass is 16.2. The van der Waals surface area contributed by atoms with Crippen LogP contribution in [-0.2, 0) is 4.79 Å². The maximum absolute atomic E-state index is 11.9. The van der Waals surface area contributed by atoms with Crippen LogP contribution in [0.1, 0.15) is 18.5 Å². The van der Waals surface area contributed by atoms with Crippen LogP contribution in [0.4, 0.5) is 0 Å². The third-order valence-electron chi connectivity index (χ3n) is 3.06. The standard InChI is InChI=1S/C14H15N5O/c1-2-15-14-17-12(13(20)18-14)10-8-16-19(9-10)11-6-4-3-5-7-11/h3-9,12H,2H2,1H3,(H2,15,17,18,20). The number of nitrogens with zero attached hydrogens (tertiary/aromatic N) is 3. The summed E-state index contributed by atoms with van der Waals surface area (Å²) < 4.78 is 1.75. The summed E-state index contributed by atoms with van der Waals surface area (Å²) in [6.07, 6.45) is 3.54. The molecular formula is C14H15N5O. The number of amides is 1. The highest BCUT2D eigenvalue weighted by molar-refractivity contribution is 6.06. The lowest BCUT2D eigenvalue weighted by atomic mass is 10.2. The molecule has 1 aromatic heterocycles. The number of para-hydroxylation sites is 1. The highest BCUT2D eigenvalue weighted by Crippen LogP contribution is 2.17. The molecule has 0 aliphatic carbocycles. The zero-order valence-electron chi connectivity index (χ0n) is 11.1. The fourth-order valence-electron chi connectivity index (χ4n) is 2.11. The van der Waals surface area contributed by atoms with E-state index in [1.165, 1.54) is 0 Å². The molecule has 1 aliphatic heterocycles. The number of aromatic nitrogens is 2. The zero-order valence-corrected chi connectivity index (χ0v) is 11.1. The van der Waals surface area contributed by atoms with Gasteiger partial charge in [0.15, 0.2) is 5.96 Å². The number of benzene rings is 1. The van der Waals surface area contributed by atoms with Crippen molar-refractivity contribution in [3.05, 3.63) is 48.3 Å². The van der Waals surface area contributed by atoms with Crippen molar-refractivity contribution in [1.82, 2.24) is 20.4 Å². The van der Waals surface area contributed by atoms with Crippen LogP contribution in [0.3, 0.4) is 0 Å². The summed E-state index contributed by atoms with van der Waals surface area (Å²) in [5.74, 6) is 0.416. The van der Waals surface area contributed by atoms with Gasteiger partial charge in [0, 0.05) is 18.3 Å². The van der Waals surface area contributed by atoms with Gasteiger partial charge >= 0.3 is 0 Å². The van der Waals surface area contributed by atoms with Crippen LogP contribution in [0.5, 0.6) is 0 Å². The number of hydrogen-bond acceptors (Lipinski definition) is 3. The van der Waals surface area contributed by atoms with Crippen molar-refractivity contribution in [2.24, 2.45) is 4.99 Å². The molecule has 2 heterocycles. The Labute approximate surface area is 116 Å². The van der Waals surface area contributed by atoms with Crippen molar-refractivity contribution in [1.29, 1.82) is 0 Å². The van der Waals surface area contributed by atoms with Gasteiger partial charge in [-0.3, -0.25) is 15.1 Å². The van der Waals surface area contributed by atoms with Gasteiger partial charge in [-0.05, 0) is 19.1 Å². The Morgan fingerprint density at radius 1 is 1.35 bits per heavy atom. The number of carbonyl (C=O) groups is 1. The van der Waals surface area contributed by atoms with E-state index in [4.69, 9.17) is 0 Å². The Morgan fingerprint density at radius 2 is 2.15 bits per heavy atom. The van der Waals surface area contributed by atoms with Gasteiger partial charge in [-0.25, -0.2) is 4.68 Å². The lowest BCUT2D eigenvalue weighted by Crippen LogP contribution is -2.25. The molecule has 2 aromatic rings. The van der Waals surface area contributed by atoms with Crippen molar-refractivity contribution in [3.63, 3.8) is 0 Å². The van der Waals surface area contributed by atoms with Crippen molar-refractivity contribution < 1.29 is 4.79 Å². The van der Waals surface area contributed by atoms with Crippen LogP contribution in [-0.4, -0.2) is 28.2 Å². The normalized spacial score (nSPS) is 19.9. The summed E-state index contributed by atoms with van der Waals surface area (Å²) in [6, 6.07) is 9.34. The molecule has 3 rings (SSSR count). The molecule has 0 saturated carbocycles. The quantitative estimate of drug-likeness (QED) is 0.873. The van der Waals surface area contributed by atoms with Crippen molar-refractivity contribution in [2.45, 2.75) is 13.0 Å². The Kier molecular flexibility index (Phi) is 3.20. The first-order valence-corrected chi connectivity index (χ1v) is 6.50. The summed E-state index contributed by atoms with van der Waals surface area (Å²) in [5, 5.41) is 10.1. The highest BCUT2D eigenvalue weighted by Gasteiger charge is 2.30. The minimum Gasteiger partial charge on any atom is -0.340 e. The Bertz CT molecular complexity index is 647. The molecule has 2 N–H and O–H groups in total. The third-order valence-corrected chi connectivity index (χ3v) is 3.06. The predicted molar refractivity (Wildman–Crippen MR) is 75.6 cm³/mol. The van der Waals surface area contributed by atoms with Crippen molar-refractivity contribution >= 4 is 11.9 Å². The number of guanidine groups is 1. The summed E-state index contributed by atoms with van der Waals surface area (Å²) in [4.78, 5) is 16.1. The van der Waals surface area contributed by atoms with E-state index in [0.717, 1.165) is 11.3 Å². The van der Waals surface area contributed by atoms with Crippen molar-refractivity contribution in [3.8, 4) is 5.69 Å². The first kappa shape index (κ1) is 12.4. The van der Waals surface area contributed by atoms with Crippen LogP contribution in [0, 0.1) is 0 Å². The van der Waals surface area contributed by atoms with Gasteiger partial charge in [-0.15, -0.1) is 0 Å². The third kappa shape index (κ3) is 2.27. The van der Waals surface area contributed by atoms with Crippen LogP contribution >= 0.6 is 0 Å². The van der Waals surface area contributed by atoms with E-state index < -0.39 is 6.04 Å². The first-order chi connectivity index (χ1) is 9.78. The number of rotatable bonds is 3. The summed E-state index contributed by atoms with van der Waals surface area (Å²) >= 11 is 0. The monoisotopic (exact) mass is 269 g/mol. The van der Waals surface area contributed by atoms with E-state index in [2.05, 4.69) is 20.7 Å². The van der Waals surface area contributed by atoms with Gasteiger partial charge in [-0.2, -0.15) is 5.10 Å². The summed E-state index contributed by atoms with van der Waals surface area (Å²) in [5.41, 5.74) is 1.77. The second-order valence-electron chi connectivity index (χ2n) is 4.44. The average Bonchev–Trinajstić information content (AvgIpc) is 3.07. The number of carbonyl (C=O) groups excluding carboxylic acids is 1. The number of aliphatic imine (C=N–C) groups is 1. The van der Waals surface area contributed by atoms with Crippen LogP contribution in [0.2, 0.25) is 0 Å². The fraction of sp³-hybridized carbons (Fsp3) is 0.214. The van der Waals surface area contributed by atoms with E-state index in [1.807, 2.05) is 43.5 Å². The van der Waals surface area contributed by atoms with E-state index >= 15 is 0 Å². The molecule has 1 aromatic carbocycles. The molecule has 102 valence electrons. The lowest BCUT2D eigenvalue weighted by molar-refractivity contribution is -0.120. The predicted octanol–water partition coefficient (Wildman–Crippen LogP) is 1.01. The SMILES string of the molecule is CCN=C1NC(=O)C(c2cnn(-c3ccccc3)c2)N1. The summed E-state index contributed by atoms with van der Waals surface area (Å²) in [6.45, 7) is 2.54. The van der Waals surface area contributed by atoms with Gasteiger partial charge in [0.25, 0.3) is 5.91 Å². The Balaban J connectivity index is 1.84. The minimum atomic E-state index is -0.433. The fourth-order valence-corrected chi connectivity index (χ4v) is 2.11. The molecule has 0 bridgehead atoms. The van der Waals surface area contributed by atoms with Gasteiger partial charge < -0.3 is 5.32 Å². The Hall–Kier alpha value is -2.63. The molecular weight excluding hydrogens is 254 g/mol. The molecule has 1 atom stereocenters. The van der Waals surface area contributed by atoms with Crippen LogP contribution in [0.25, 0.3) is 5.69 Å². The second-order valence-corrected chi connectivity index (χ2v) is 4.44. The van der Waals surface area contributed by atoms with Gasteiger partial charge in [0.2, 0.25) is 0 Å². The van der Waals surface area contributed by atoms with Gasteiger partial charge in [0.05, 0.1) is 11.9 Å². The molecule has 0 spiro atoms. The first-order valence-electron chi connectivity index (χ1n) is 6.50. The Morgan fingerprint density at radius 3 is 2.90 bits per heavy atom. The van der Waals surface area contributed by atoms with Crippen molar-refractivity contribution in [2.75, 3.05) is 6.54 Å². The lowest BCUT2D eigenvalue weighted by Gasteiger charge is -2.04. The summed E-state index contributed by atoms with van der Waals surface area (Å²) in [7, 11) is 0. The topological polar surface area (TPSA) is 71.3 Å². The molecule has 20 heavy (non-hydrogen) atoms. The van der Waals surface area contributed by atoms with Gasteiger partial charge in [-0.1, -0.05) is 18.2 Å². The molecule has 1 amide bonds. The number of hydrogen-bond donors (Lipinski definition) is 2.